The van der Waals surface area contributed by atoms with Gasteiger partial charge in [0.15, 0.2) is 5.76 Å². The SMILES string of the molecule is O=C(c1ccco1)N1CCN(C/C=C/Cl)CC1. The Hall–Kier alpha value is -1.26. The fourth-order valence-corrected chi connectivity index (χ4v) is 1.96. The summed E-state index contributed by atoms with van der Waals surface area (Å²) in [4.78, 5) is 16.0. The van der Waals surface area contributed by atoms with E-state index in [0.29, 0.717) is 5.76 Å². The molecular formula is C12H15ClN2O2. The van der Waals surface area contributed by atoms with Crippen molar-refractivity contribution in [2.45, 2.75) is 0 Å². The molecule has 0 bridgehead atoms. The maximum atomic E-state index is 12.0. The van der Waals surface area contributed by atoms with E-state index in [1.54, 1.807) is 12.1 Å². The van der Waals surface area contributed by atoms with Gasteiger partial charge in [0.05, 0.1) is 6.26 Å². The predicted molar refractivity (Wildman–Crippen MR) is 66.0 cm³/mol. The van der Waals surface area contributed by atoms with Crippen LogP contribution in [0.15, 0.2) is 34.4 Å². The number of carbonyl (C=O) groups is 1. The topological polar surface area (TPSA) is 36.7 Å². The highest BCUT2D eigenvalue weighted by Crippen LogP contribution is 2.09. The molecule has 0 saturated carbocycles. The molecular weight excluding hydrogens is 240 g/mol. The molecule has 0 aromatic carbocycles. The van der Waals surface area contributed by atoms with Crippen LogP contribution in [0.25, 0.3) is 0 Å². The number of rotatable bonds is 3. The van der Waals surface area contributed by atoms with Gasteiger partial charge in [-0.3, -0.25) is 9.69 Å². The third-order valence-electron chi connectivity index (χ3n) is 2.84. The third-order valence-corrected chi connectivity index (χ3v) is 3.02. The van der Waals surface area contributed by atoms with Gasteiger partial charge >= 0.3 is 0 Å². The van der Waals surface area contributed by atoms with Crippen LogP contribution in [-0.2, 0) is 0 Å². The summed E-state index contributed by atoms with van der Waals surface area (Å²) in [5.74, 6) is 0.390. The van der Waals surface area contributed by atoms with Crippen LogP contribution in [0.4, 0.5) is 0 Å². The molecule has 1 amide bonds. The lowest BCUT2D eigenvalue weighted by Gasteiger charge is -2.33. The first-order valence-corrected chi connectivity index (χ1v) is 6.05. The summed E-state index contributed by atoms with van der Waals surface area (Å²) < 4.78 is 5.11. The number of hydrogen-bond donors (Lipinski definition) is 0. The number of carbonyl (C=O) groups excluding carboxylic acids is 1. The third kappa shape index (κ3) is 3.11. The summed E-state index contributed by atoms with van der Waals surface area (Å²) >= 11 is 5.48. The van der Waals surface area contributed by atoms with Crippen molar-refractivity contribution in [2.24, 2.45) is 0 Å². The number of hydrogen-bond acceptors (Lipinski definition) is 3. The first kappa shape index (κ1) is 12.2. The summed E-state index contributed by atoms with van der Waals surface area (Å²) in [5, 5.41) is 0. The van der Waals surface area contributed by atoms with Crippen LogP contribution >= 0.6 is 11.6 Å². The second kappa shape index (κ2) is 5.89. The minimum atomic E-state index is -0.0254. The molecule has 1 aromatic heterocycles. The van der Waals surface area contributed by atoms with Gasteiger partial charge in [-0.2, -0.15) is 0 Å². The lowest BCUT2D eigenvalue weighted by molar-refractivity contribution is 0.0619. The van der Waals surface area contributed by atoms with Crippen molar-refractivity contribution in [2.75, 3.05) is 32.7 Å². The van der Waals surface area contributed by atoms with Crippen LogP contribution < -0.4 is 0 Å². The minimum absolute atomic E-state index is 0.0254. The Bertz CT molecular complexity index is 381. The first-order valence-electron chi connectivity index (χ1n) is 5.61. The number of nitrogens with zero attached hydrogens (tertiary/aromatic N) is 2. The van der Waals surface area contributed by atoms with Crippen LogP contribution in [0, 0.1) is 0 Å². The number of halogens is 1. The van der Waals surface area contributed by atoms with Crippen molar-refractivity contribution >= 4 is 17.5 Å². The molecule has 5 heteroatoms. The highest BCUT2D eigenvalue weighted by Gasteiger charge is 2.22. The molecule has 0 radical (unpaired) electrons. The predicted octanol–water partition coefficient (Wildman–Crippen LogP) is 1.79. The van der Waals surface area contributed by atoms with Gasteiger partial charge < -0.3 is 9.32 Å². The molecule has 4 nitrogen and oxygen atoms in total. The van der Waals surface area contributed by atoms with E-state index in [9.17, 15) is 4.79 Å². The largest absolute Gasteiger partial charge is 0.459 e. The average Bonchev–Trinajstić information content (AvgIpc) is 2.90. The van der Waals surface area contributed by atoms with Gasteiger partial charge in [0.1, 0.15) is 0 Å². The fraction of sp³-hybridized carbons (Fsp3) is 0.417. The van der Waals surface area contributed by atoms with Crippen LogP contribution in [-0.4, -0.2) is 48.4 Å². The Balaban J connectivity index is 1.85. The Labute approximate surface area is 105 Å². The van der Waals surface area contributed by atoms with Crippen molar-refractivity contribution in [1.82, 2.24) is 9.80 Å². The zero-order chi connectivity index (χ0) is 12.1. The number of piperazine rings is 1. The van der Waals surface area contributed by atoms with Crippen molar-refractivity contribution in [3.05, 3.63) is 35.8 Å². The molecule has 2 rings (SSSR count). The van der Waals surface area contributed by atoms with Crippen molar-refractivity contribution in [1.29, 1.82) is 0 Å². The standard InChI is InChI=1S/C12H15ClN2O2/c13-4-2-5-14-6-8-15(9-7-14)12(16)11-3-1-10-17-11/h1-4,10H,5-9H2/b4-2+. The summed E-state index contributed by atoms with van der Waals surface area (Å²) in [5.41, 5.74) is 1.53. The Morgan fingerprint density at radius 1 is 1.41 bits per heavy atom. The van der Waals surface area contributed by atoms with Crippen LogP contribution in [0.1, 0.15) is 10.6 Å². The van der Waals surface area contributed by atoms with Crippen molar-refractivity contribution in [3.8, 4) is 0 Å². The first-order chi connectivity index (χ1) is 8.31. The maximum Gasteiger partial charge on any atom is 0.289 e. The van der Waals surface area contributed by atoms with E-state index in [2.05, 4.69) is 4.90 Å². The van der Waals surface area contributed by atoms with Crippen molar-refractivity contribution < 1.29 is 9.21 Å². The molecule has 1 fully saturated rings. The smallest absolute Gasteiger partial charge is 0.289 e. The van der Waals surface area contributed by atoms with Gasteiger partial charge in [-0.25, -0.2) is 0 Å². The molecule has 17 heavy (non-hydrogen) atoms. The van der Waals surface area contributed by atoms with Gasteiger partial charge in [0, 0.05) is 38.3 Å². The maximum absolute atomic E-state index is 12.0. The molecule has 1 saturated heterocycles. The number of amides is 1. The van der Waals surface area contributed by atoms with E-state index in [1.165, 1.54) is 11.8 Å². The minimum Gasteiger partial charge on any atom is -0.459 e. The summed E-state index contributed by atoms with van der Waals surface area (Å²) in [6.07, 6.45) is 3.43. The Kier molecular flexibility index (Phi) is 4.23. The van der Waals surface area contributed by atoms with E-state index in [-0.39, 0.29) is 5.91 Å². The van der Waals surface area contributed by atoms with Crippen molar-refractivity contribution in [3.63, 3.8) is 0 Å². The molecule has 0 N–H and O–H groups in total. The van der Waals surface area contributed by atoms with E-state index in [1.807, 2.05) is 11.0 Å². The molecule has 92 valence electrons. The molecule has 1 aromatic rings. The Morgan fingerprint density at radius 2 is 2.18 bits per heavy atom. The monoisotopic (exact) mass is 254 g/mol. The van der Waals surface area contributed by atoms with Gasteiger partial charge in [-0.15, -0.1) is 0 Å². The lowest BCUT2D eigenvalue weighted by Crippen LogP contribution is -2.48. The van der Waals surface area contributed by atoms with E-state index >= 15 is 0 Å². The van der Waals surface area contributed by atoms with E-state index in [0.717, 1.165) is 32.7 Å². The second-order valence-electron chi connectivity index (χ2n) is 3.93. The molecule has 0 aliphatic carbocycles. The summed E-state index contributed by atoms with van der Waals surface area (Å²) in [7, 11) is 0. The second-order valence-corrected chi connectivity index (χ2v) is 4.18. The fourth-order valence-electron chi connectivity index (χ4n) is 1.88. The normalized spacial score (nSPS) is 17.8. The van der Waals surface area contributed by atoms with E-state index < -0.39 is 0 Å². The van der Waals surface area contributed by atoms with Gasteiger partial charge in [0.2, 0.25) is 0 Å². The molecule has 0 atom stereocenters. The number of furan rings is 1. The van der Waals surface area contributed by atoms with Crippen LogP contribution in [0.2, 0.25) is 0 Å². The highest BCUT2D eigenvalue weighted by molar-refractivity contribution is 6.25. The molecule has 0 unspecified atom stereocenters. The molecule has 0 spiro atoms. The van der Waals surface area contributed by atoms with Crippen LogP contribution in [0.3, 0.4) is 0 Å². The van der Waals surface area contributed by atoms with E-state index in [4.69, 9.17) is 16.0 Å². The molecule has 1 aliphatic rings. The van der Waals surface area contributed by atoms with Gasteiger partial charge in [-0.1, -0.05) is 17.7 Å². The summed E-state index contributed by atoms with van der Waals surface area (Å²) in [6.45, 7) is 4.04. The lowest BCUT2D eigenvalue weighted by atomic mass is 10.3. The highest BCUT2D eigenvalue weighted by atomic mass is 35.5. The quantitative estimate of drug-likeness (QED) is 0.825. The zero-order valence-corrected chi connectivity index (χ0v) is 10.3. The van der Waals surface area contributed by atoms with Gasteiger partial charge in [-0.05, 0) is 12.1 Å². The zero-order valence-electron chi connectivity index (χ0n) is 9.51. The molecule has 1 aliphatic heterocycles. The van der Waals surface area contributed by atoms with Crippen LogP contribution in [0.5, 0.6) is 0 Å². The Morgan fingerprint density at radius 3 is 2.76 bits per heavy atom. The van der Waals surface area contributed by atoms with Gasteiger partial charge in [0.25, 0.3) is 5.91 Å². The molecule has 2 heterocycles. The summed E-state index contributed by atoms with van der Waals surface area (Å²) in [6, 6.07) is 3.43. The average molecular weight is 255 g/mol.